The zero-order valence-electron chi connectivity index (χ0n) is 12.5. The van der Waals surface area contributed by atoms with Gasteiger partial charge < -0.3 is 10.4 Å². The van der Waals surface area contributed by atoms with Gasteiger partial charge in [0.1, 0.15) is 0 Å². The molecule has 1 saturated carbocycles. The highest BCUT2D eigenvalue weighted by atomic mass is 32.2. The lowest BCUT2D eigenvalue weighted by Crippen LogP contribution is -2.32. The van der Waals surface area contributed by atoms with Crippen LogP contribution in [0.1, 0.15) is 43.5 Å². The van der Waals surface area contributed by atoms with Crippen LogP contribution in [0.5, 0.6) is 0 Å². The molecule has 0 radical (unpaired) electrons. The molecular formula is C16H23NO3S. The molecule has 1 aliphatic carbocycles. The van der Waals surface area contributed by atoms with Crippen LogP contribution in [-0.4, -0.2) is 33.1 Å². The predicted octanol–water partition coefficient (Wildman–Crippen LogP) is 2.09. The van der Waals surface area contributed by atoms with Crippen LogP contribution in [0.25, 0.3) is 0 Å². The summed E-state index contributed by atoms with van der Waals surface area (Å²) in [6, 6.07) is 6.90. The predicted molar refractivity (Wildman–Crippen MR) is 83.7 cm³/mol. The Morgan fingerprint density at radius 3 is 2.52 bits per heavy atom. The van der Waals surface area contributed by atoms with Gasteiger partial charge in [-0.25, -0.2) is 0 Å². The highest BCUT2D eigenvalue weighted by molar-refractivity contribution is 7.85. The van der Waals surface area contributed by atoms with Crippen molar-refractivity contribution in [1.29, 1.82) is 0 Å². The minimum absolute atomic E-state index is 0.0635. The van der Waals surface area contributed by atoms with Gasteiger partial charge in [-0.1, -0.05) is 20.3 Å². The van der Waals surface area contributed by atoms with Crippen molar-refractivity contribution < 1.29 is 14.1 Å². The van der Waals surface area contributed by atoms with Gasteiger partial charge in [0.05, 0.1) is 16.9 Å². The number of rotatable bonds is 5. The summed E-state index contributed by atoms with van der Waals surface area (Å²) in [5.74, 6) is 0.0256. The van der Waals surface area contributed by atoms with Crippen molar-refractivity contribution >= 4 is 16.7 Å². The summed E-state index contributed by atoms with van der Waals surface area (Å²) in [4.78, 5) is 12.8. The minimum Gasteiger partial charge on any atom is -0.393 e. The van der Waals surface area contributed by atoms with Gasteiger partial charge in [-0.3, -0.25) is 9.00 Å². The number of carbonyl (C=O) groups excluding carboxylic acids is 1. The van der Waals surface area contributed by atoms with Crippen LogP contribution < -0.4 is 5.32 Å². The number of amides is 1. The maximum Gasteiger partial charge on any atom is 0.251 e. The third-order valence-electron chi connectivity index (χ3n) is 3.92. The molecule has 21 heavy (non-hydrogen) atoms. The van der Waals surface area contributed by atoms with E-state index in [4.69, 9.17) is 0 Å². The number of aliphatic hydroxyl groups is 1. The second-order valence-electron chi connectivity index (χ2n) is 5.84. The molecule has 2 N–H and O–H groups in total. The van der Waals surface area contributed by atoms with Crippen LogP contribution in [0, 0.1) is 5.92 Å². The van der Waals surface area contributed by atoms with Crippen molar-refractivity contribution in [3.05, 3.63) is 29.8 Å². The third-order valence-corrected chi connectivity index (χ3v) is 5.51. The third kappa shape index (κ3) is 4.14. The first-order valence-corrected chi connectivity index (χ1v) is 8.67. The van der Waals surface area contributed by atoms with Crippen LogP contribution in [-0.2, 0) is 10.8 Å². The average Bonchev–Trinajstić information content (AvgIpc) is 2.89. The van der Waals surface area contributed by atoms with E-state index in [2.05, 4.69) is 5.32 Å². The normalized spacial score (nSPS) is 23.2. The fourth-order valence-electron chi connectivity index (χ4n) is 2.59. The van der Waals surface area contributed by atoms with Gasteiger partial charge >= 0.3 is 0 Å². The number of nitrogens with one attached hydrogen (secondary N) is 1. The van der Waals surface area contributed by atoms with E-state index in [-0.39, 0.29) is 23.2 Å². The van der Waals surface area contributed by atoms with Gasteiger partial charge in [0.15, 0.2) is 0 Å². The molecular weight excluding hydrogens is 286 g/mol. The van der Waals surface area contributed by atoms with Crippen LogP contribution in [0.4, 0.5) is 0 Å². The average molecular weight is 309 g/mol. The van der Waals surface area contributed by atoms with Crippen LogP contribution in [0.3, 0.4) is 0 Å². The van der Waals surface area contributed by atoms with E-state index in [9.17, 15) is 14.1 Å². The second-order valence-corrected chi connectivity index (χ2v) is 7.85. The Bertz CT molecular complexity index is 513. The van der Waals surface area contributed by atoms with E-state index in [1.54, 1.807) is 24.3 Å². The lowest BCUT2D eigenvalue weighted by Gasteiger charge is -2.15. The summed E-state index contributed by atoms with van der Waals surface area (Å²) in [5, 5.41) is 12.7. The first kappa shape index (κ1) is 16.2. The molecule has 1 aliphatic rings. The zero-order valence-corrected chi connectivity index (χ0v) is 13.4. The molecule has 3 unspecified atom stereocenters. The molecule has 2 rings (SSSR count). The summed E-state index contributed by atoms with van der Waals surface area (Å²) in [7, 11) is -1.03. The van der Waals surface area contributed by atoms with Crippen molar-refractivity contribution in [2.45, 2.75) is 49.4 Å². The molecule has 5 heteroatoms. The molecule has 1 aromatic rings. The largest absolute Gasteiger partial charge is 0.393 e. The van der Waals surface area contributed by atoms with Crippen molar-refractivity contribution in [2.24, 2.45) is 5.92 Å². The van der Waals surface area contributed by atoms with Gasteiger partial charge in [-0.2, -0.15) is 0 Å². The second kappa shape index (κ2) is 7.18. The van der Waals surface area contributed by atoms with Gasteiger partial charge in [-0.15, -0.1) is 0 Å². The zero-order chi connectivity index (χ0) is 15.4. The van der Waals surface area contributed by atoms with Gasteiger partial charge in [0, 0.05) is 28.2 Å². The molecule has 4 nitrogen and oxygen atoms in total. The van der Waals surface area contributed by atoms with Crippen LogP contribution >= 0.6 is 0 Å². The number of carbonyl (C=O) groups is 1. The SMILES string of the molecule is CC(C)S(=O)c1ccc(C(=O)NCC2CCCC2O)cc1. The molecule has 0 spiro atoms. The van der Waals surface area contributed by atoms with E-state index >= 15 is 0 Å². The molecule has 0 aliphatic heterocycles. The lowest BCUT2D eigenvalue weighted by atomic mass is 10.1. The highest BCUT2D eigenvalue weighted by Crippen LogP contribution is 2.24. The Morgan fingerprint density at radius 2 is 2.00 bits per heavy atom. The van der Waals surface area contributed by atoms with Crippen LogP contribution in [0.15, 0.2) is 29.2 Å². The maximum atomic E-state index is 12.1. The fourth-order valence-corrected chi connectivity index (χ4v) is 3.54. The summed E-state index contributed by atoms with van der Waals surface area (Å²) in [6.07, 6.45) is 2.53. The molecule has 0 saturated heterocycles. The van der Waals surface area contributed by atoms with E-state index in [1.165, 1.54) is 0 Å². The molecule has 1 aromatic carbocycles. The molecule has 3 atom stereocenters. The molecule has 1 fully saturated rings. The smallest absolute Gasteiger partial charge is 0.251 e. The van der Waals surface area contributed by atoms with E-state index < -0.39 is 10.8 Å². The Kier molecular flexibility index (Phi) is 5.53. The summed E-state index contributed by atoms with van der Waals surface area (Å²) in [5.41, 5.74) is 0.562. The molecule has 0 heterocycles. The van der Waals surface area contributed by atoms with E-state index in [0.717, 1.165) is 24.2 Å². The Labute approximate surface area is 128 Å². The van der Waals surface area contributed by atoms with Gasteiger partial charge in [0.25, 0.3) is 5.91 Å². The lowest BCUT2D eigenvalue weighted by molar-refractivity contribution is 0.0916. The van der Waals surface area contributed by atoms with Crippen molar-refractivity contribution in [3.8, 4) is 0 Å². The van der Waals surface area contributed by atoms with E-state index in [1.807, 2.05) is 13.8 Å². The van der Waals surface area contributed by atoms with E-state index in [0.29, 0.717) is 12.1 Å². The monoisotopic (exact) mass is 309 g/mol. The fraction of sp³-hybridized carbons (Fsp3) is 0.562. The molecule has 1 amide bonds. The molecule has 0 bridgehead atoms. The van der Waals surface area contributed by atoms with Crippen molar-refractivity contribution in [1.82, 2.24) is 5.32 Å². The summed E-state index contributed by atoms with van der Waals surface area (Å²) in [6.45, 7) is 4.33. The maximum absolute atomic E-state index is 12.1. The topological polar surface area (TPSA) is 66.4 Å². The Morgan fingerprint density at radius 1 is 1.33 bits per heavy atom. The first-order valence-electron chi connectivity index (χ1n) is 7.46. The highest BCUT2D eigenvalue weighted by Gasteiger charge is 2.25. The Hall–Kier alpha value is -1.20. The van der Waals surface area contributed by atoms with Gasteiger partial charge in [0.2, 0.25) is 0 Å². The minimum atomic E-state index is -1.03. The number of benzene rings is 1. The number of hydrogen-bond acceptors (Lipinski definition) is 3. The standard InChI is InChI=1S/C16H23NO3S/c1-11(2)21(20)14-8-6-12(7-9-14)16(19)17-10-13-4-3-5-15(13)18/h6-9,11,13,15,18H,3-5,10H2,1-2H3,(H,17,19). The van der Waals surface area contributed by atoms with Crippen LogP contribution in [0.2, 0.25) is 0 Å². The number of aliphatic hydroxyl groups excluding tert-OH is 1. The molecule has 0 aromatic heterocycles. The van der Waals surface area contributed by atoms with Crippen molar-refractivity contribution in [3.63, 3.8) is 0 Å². The van der Waals surface area contributed by atoms with Crippen molar-refractivity contribution in [2.75, 3.05) is 6.54 Å². The quantitative estimate of drug-likeness (QED) is 0.875. The summed E-state index contributed by atoms with van der Waals surface area (Å²) >= 11 is 0. The number of hydrogen-bond donors (Lipinski definition) is 2. The molecule has 116 valence electrons. The summed E-state index contributed by atoms with van der Waals surface area (Å²) < 4.78 is 11.9. The Balaban J connectivity index is 1.92. The van der Waals surface area contributed by atoms with Gasteiger partial charge in [-0.05, 0) is 37.1 Å². The first-order chi connectivity index (χ1) is 9.99.